The number of halogens is 1. The predicted octanol–water partition coefficient (Wildman–Crippen LogP) is 3.82. The zero-order chi connectivity index (χ0) is 16.2. The largest absolute Gasteiger partial charge is 0.419 e. The lowest BCUT2D eigenvalue weighted by Gasteiger charge is -2.14. The second kappa shape index (κ2) is 6.71. The molecule has 0 amide bonds. The standard InChI is InChI=1S/C18H18FN3O/c1-13-5-3-7-15(9-13)18-21-20-17(23-18)12-22(2)11-14-6-4-8-16(19)10-14/h3-10H,11-12H2,1-2H3. The van der Waals surface area contributed by atoms with Gasteiger partial charge in [-0.3, -0.25) is 4.90 Å². The van der Waals surface area contributed by atoms with E-state index in [0.717, 1.165) is 16.7 Å². The van der Waals surface area contributed by atoms with E-state index in [9.17, 15) is 4.39 Å². The molecular formula is C18H18FN3O. The quantitative estimate of drug-likeness (QED) is 0.718. The van der Waals surface area contributed by atoms with Crippen molar-refractivity contribution in [1.29, 1.82) is 0 Å². The van der Waals surface area contributed by atoms with E-state index in [-0.39, 0.29) is 5.82 Å². The SMILES string of the molecule is Cc1cccc(-c2nnc(CN(C)Cc3cccc(F)c3)o2)c1. The second-order valence-corrected chi connectivity index (χ2v) is 5.67. The van der Waals surface area contributed by atoms with Gasteiger partial charge in [0.05, 0.1) is 6.54 Å². The zero-order valence-electron chi connectivity index (χ0n) is 13.2. The summed E-state index contributed by atoms with van der Waals surface area (Å²) >= 11 is 0. The lowest BCUT2D eigenvalue weighted by Crippen LogP contribution is -2.17. The Kier molecular flexibility index (Phi) is 4.48. The van der Waals surface area contributed by atoms with E-state index in [1.54, 1.807) is 6.07 Å². The fraction of sp³-hybridized carbons (Fsp3) is 0.222. The summed E-state index contributed by atoms with van der Waals surface area (Å²) in [7, 11) is 1.93. The number of hydrogen-bond donors (Lipinski definition) is 0. The van der Waals surface area contributed by atoms with Crippen molar-refractivity contribution in [2.24, 2.45) is 0 Å². The van der Waals surface area contributed by atoms with Gasteiger partial charge in [0, 0.05) is 12.1 Å². The molecule has 1 heterocycles. The average molecular weight is 311 g/mol. The molecule has 3 aromatic rings. The molecule has 0 fully saturated rings. The molecule has 23 heavy (non-hydrogen) atoms. The highest BCUT2D eigenvalue weighted by Crippen LogP contribution is 2.19. The highest BCUT2D eigenvalue weighted by Gasteiger charge is 2.11. The second-order valence-electron chi connectivity index (χ2n) is 5.67. The van der Waals surface area contributed by atoms with Crippen molar-refractivity contribution in [2.45, 2.75) is 20.0 Å². The highest BCUT2D eigenvalue weighted by molar-refractivity contribution is 5.53. The number of benzene rings is 2. The summed E-state index contributed by atoms with van der Waals surface area (Å²) in [6.45, 7) is 3.14. The van der Waals surface area contributed by atoms with E-state index in [2.05, 4.69) is 10.2 Å². The zero-order valence-corrected chi connectivity index (χ0v) is 13.2. The van der Waals surface area contributed by atoms with E-state index in [1.165, 1.54) is 12.1 Å². The smallest absolute Gasteiger partial charge is 0.247 e. The van der Waals surface area contributed by atoms with E-state index in [0.29, 0.717) is 24.9 Å². The summed E-state index contributed by atoms with van der Waals surface area (Å²) in [5.41, 5.74) is 2.97. The third-order valence-corrected chi connectivity index (χ3v) is 3.48. The maximum absolute atomic E-state index is 13.2. The van der Waals surface area contributed by atoms with Crippen LogP contribution in [0.1, 0.15) is 17.0 Å². The van der Waals surface area contributed by atoms with Crippen molar-refractivity contribution < 1.29 is 8.81 Å². The van der Waals surface area contributed by atoms with Crippen molar-refractivity contribution in [3.05, 3.63) is 71.4 Å². The van der Waals surface area contributed by atoms with E-state index >= 15 is 0 Å². The Morgan fingerprint density at radius 1 is 1.04 bits per heavy atom. The van der Waals surface area contributed by atoms with Crippen LogP contribution in [0.3, 0.4) is 0 Å². The van der Waals surface area contributed by atoms with Gasteiger partial charge in [0.15, 0.2) is 0 Å². The Labute approximate surface area is 134 Å². The fourth-order valence-electron chi connectivity index (χ4n) is 2.45. The van der Waals surface area contributed by atoms with Crippen LogP contribution in [0.4, 0.5) is 4.39 Å². The molecule has 0 spiro atoms. The molecule has 5 heteroatoms. The minimum absolute atomic E-state index is 0.226. The monoisotopic (exact) mass is 311 g/mol. The molecule has 0 aliphatic heterocycles. The van der Waals surface area contributed by atoms with Crippen molar-refractivity contribution in [1.82, 2.24) is 15.1 Å². The van der Waals surface area contributed by atoms with Gasteiger partial charge in [0.1, 0.15) is 5.82 Å². The molecule has 4 nitrogen and oxygen atoms in total. The van der Waals surface area contributed by atoms with Crippen molar-refractivity contribution in [3.8, 4) is 11.5 Å². The van der Waals surface area contributed by atoms with Gasteiger partial charge in [-0.15, -0.1) is 10.2 Å². The van der Waals surface area contributed by atoms with Crippen LogP contribution >= 0.6 is 0 Å². The molecule has 1 aromatic heterocycles. The first kappa shape index (κ1) is 15.4. The summed E-state index contributed by atoms with van der Waals surface area (Å²) < 4.78 is 18.9. The molecule has 0 aliphatic rings. The maximum atomic E-state index is 13.2. The summed E-state index contributed by atoms with van der Waals surface area (Å²) in [6, 6.07) is 14.5. The van der Waals surface area contributed by atoms with Gasteiger partial charge in [0.25, 0.3) is 0 Å². The van der Waals surface area contributed by atoms with Gasteiger partial charge in [0.2, 0.25) is 11.8 Å². The molecule has 0 saturated heterocycles. The third-order valence-electron chi connectivity index (χ3n) is 3.48. The van der Waals surface area contributed by atoms with Crippen molar-refractivity contribution in [3.63, 3.8) is 0 Å². The molecule has 3 rings (SSSR count). The van der Waals surface area contributed by atoms with Gasteiger partial charge in [-0.1, -0.05) is 29.8 Å². The number of hydrogen-bond acceptors (Lipinski definition) is 4. The summed E-state index contributed by atoms with van der Waals surface area (Å²) in [6.07, 6.45) is 0. The van der Waals surface area contributed by atoms with Crippen LogP contribution in [-0.2, 0) is 13.1 Å². The van der Waals surface area contributed by atoms with Crippen LogP contribution in [-0.4, -0.2) is 22.1 Å². The lowest BCUT2D eigenvalue weighted by molar-refractivity contribution is 0.282. The van der Waals surface area contributed by atoms with Gasteiger partial charge in [-0.2, -0.15) is 0 Å². The normalized spacial score (nSPS) is 11.1. The minimum Gasteiger partial charge on any atom is -0.419 e. The molecule has 0 N–H and O–H groups in total. The highest BCUT2D eigenvalue weighted by atomic mass is 19.1. The topological polar surface area (TPSA) is 42.2 Å². The Morgan fingerprint density at radius 2 is 1.87 bits per heavy atom. The first-order chi connectivity index (χ1) is 11.1. The number of nitrogens with zero attached hydrogens (tertiary/aromatic N) is 3. The Bertz CT molecular complexity index is 800. The lowest BCUT2D eigenvalue weighted by atomic mass is 10.1. The molecule has 0 unspecified atom stereocenters. The van der Waals surface area contributed by atoms with Crippen LogP contribution in [0.15, 0.2) is 52.9 Å². The predicted molar refractivity (Wildman–Crippen MR) is 86.0 cm³/mol. The molecule has 0 bridgehead atoms. The molecule has 0 atom stereocenters. The molecule has 0 radical (unpaired) electrons. The number of aromatic nitrogens is 2. The van der Waals surface area contributed by atoms with Gasteiger partial charge in [-0.25, -0.2) is 4.39 Å². The molecule has 2 aromatic carbocycles. The first-order valence-corrected chi connectivity index (χ1v) is 7.42. The van der Waals surface area contributed by atoms with Crippen molar-refractivity contribution >= 4 is 0 Å². The van der Waals surface area contributed by atoms with E-state index in [1.807, 2.05) is 49.2 Å². The maximum Gasteiger partial charge on any atom is 0.247 e. The molecular weight excluding hydrogens is 293 g/mol. The van der Waals surface area contributed by atoms with E-state index < -0.39 is 0 Å². The Hall–Kier alpha value is -2.53. The van der Waals surface area contributed by atoms with Crippen LogP contribution in [0, 0.1) is 12.7 Å². The average Bonchev–Trinajstić information content (AvgIpc) is 2.95. The summed E-state index contributed by atoms with van der Waals surface area (Å²) in [5.74, 6) is 0.832. The summed E-state index contributed by atoms with van der Waals surface area (Å²) in [5, 5.41) is 8.19. The molecule has 118 valence electrons. The first-order valence-electron chi connectivity index (χ1n) is 7.42. The molecule has 0 aliphatic carbocycles. The van der Waals surface area contributed by atoms with Crippen LogP contribution < -0.4 is 0 Å². The Balaban J connectivity index is 1.66. The van der Waals surface area contributed by atoms with Gasteiger partial charge < -0.3 is 4.42 Å². The van der Waals surface area contributed by atoms with Crippen molar-refractivity contribution in [2.75, 3.05) is 7.05 Å². The van der Waals surface area contributed by atoms with Gasteiger partial charge >= 0.3 is 0 Å². The van der Waals surface area contributed by atoms with Gasteiger partial charge in [-0.05, 0) is 43.8 Å². The van der Waals surface area contributed by atoms with Crippen LogP contribution in [0.25, 0.3) is 11.5 Å². The van der Waals surface area contributed by atoms with E-state index in [4.69, 9.17) is 4.42 Å². The number of rotatable bonds is 5. The number of aryl methyl sites for hydroxylation is 1. The molecule has 0 saturated carbocycles. The third kappa shape index (κ3) is 4.02. The Morgan fingerprint density at radius 3 is 2.65 bits per heavy atom. The minimum atomic E-state index is -0.226. The van der Waals surface area contributed by atoms with Crippen LogP contribution in [0.2, 0.25) is 0 Å². The fourth-order valence-corrected chi connectivity index (χ4v) is 2.45. The summed E-state index contributed by atoms with van der Waals surface area (Å²) in [4.78, 5) is 2.00. The van der Waals surface area contributed by atoms with Crippen LogP contribution in [0.5, 0.6) is 0 Å².